The van der Waals surface area contributed by atoms with Crippen molar-refractivity contribution < 1.29 is 23.1 Å². The lowest BCUT2D eigenvalue weighted by molar-refractivity contribution is -0.128. The van der Waals surface area contributed by atoms with Gasteiger partial charge in [0.15, 0.2) is 11.9 Å². The molecule has 1 atom stereocenters. The zero-order valence-corrected chi connectivity index (χ0v) is 13.7. The summed E-state index contributed by atoms with van der Waals surface area (Å²) in [5, 5.41) is 4.94. The van der Waals surface area contributed by atoms with Crippen LogP contribution in [0, 0.1) is 11.6 Å². The number of fused-ring (bicyclic) bond motifs is 1. The number of amides is 2. The molecule has 0 spiro atoms. The molecule has 0 bridgehead atoms. The molecular formula is C16H11BrF2N2O3. The summed E-state index contributed by atoms with van der Waals surface area (Å²) in [6.07, 6.45) is -1.36. The van der Waals surface area contributed by atoms with Crippen LogP contribution in [0.4, 0.5) is 20.2 Å². The van der Waals surface area contributed by atoms with Gasteiger partial charge < -0.3 is 15.4 Å². The first-order valence-corrected chi connectivity index (χ1v) is 7.74. The SMILES string of the molecule is O=C(CC1Oc2ccccc2NC1=O)Nc1c(F)cc(F)cc1Br. The van der Waals surface area contributed by atoms with Crippen LogP contribution < -0.4 is 15.4 Å². The highest BCUT2D eigenvalue weighted by Gasteiger charge is 2.30. The first-order valence-electron chi connectivity index (χ1n) is 6.95. The van der Waals surface area contributed by atoms with E-state index in [4.69, 9.17) is 4.74 Å². The number of anilines is 2. The minimum Gasteiger partial charge on any atom is -0.478 e. The number of carbonyl (C=O) groups excluding carboxylic acids is 2. The van der Waals surface area contributed by atoms with Crippen molar-refractivity contribution in [2.45, 2.75) is 12.5 Å². The van der Waals surface area contributed by atoms with E-state index >= 15 is 0 Å². The lowest BCUT2D eigenvalue weighted by Gasteiger charge is -2.25. The molecular weight excluding hydrogens is 386 g/mol. The zero-order valence-electron chi connectivity index (χ0n) is 12.1. The van der Waals surface area contributed by atoms with E-state index in [-0.39, 0.29) is 16.6 Å². The quantitative estimate of drug-likeness (QED) is 0.834. The maximum atomic E-state index is 13.7. The summed E-state index contributed by atoms with van der Waals surface area (Å²) < 4.78 is 32.3. The van der Waals surface area contributed by atoms with Crippen molar-refractivity contribution in [2.24, 2.45) is 0 Å². The van der Waals surface area contributed by atoms with Gasteiger partial charge >= 0.3 is 0 Å². The Balaban J connectivity index is 1.71. The van der Waals surface area contributed by atoms with Crippen molar-refractivity contribution in [3.8, 4) is 5.75 Å². The maximum Gasteiger partial charge on any atom is 0.266 e. The Hall–Kier alpha value is -2.48. The van der Waals surface area contributed by atoms with Crippen LogP contribution in [0.3, 0.4) is 0 Å². The Bertz CT molecular complexity index is 806. The zero-order chi connectivity index (χ0) is 17.3. The Kier molecular flexibility index (Phi) is 4.48. The van der Waals surface area contributed by atoms with E-state index in [2.05, 4.69) is 26.6 Å². The third-order valence-electron chi connectivity index (χ3n) is 3.35. The van der Waals surface area contributed by atoms with Crippen LogP contribution in [0.25, 0.3) is 0 Å². The molecule has 0 saturated carbocycles. The fraction of sp³-hybridized carbons (Fsp3) is 0.125. The normalized spacial score (nSPS) is 16.0. The predicted octanol–water partition coefficient (Wildman–Crippen LogP) is 3.46. The van der Waals surface area contributed by atoms with Crippen LogP contribution in [-0.4, -0.2) is 17.9 Å². The van der Waals surface area contributed by atoms with E-state index in [9.17, 15) is 18.4 Å². The van der Waals surface area contributed by atoms with Gasteiger partial charge in [-0.25, -0.2) is 8.78 Å². The molecule has 24 heavy (non-hydrogen) atoms. The van der Waals surface area contributed by atoms with Crippen molar-refractivity contribution in [2.75, 3.05) is 10.6 Å². The third kappa shape index (κ3) is 3.38. The molecule has 2 N–H and O–H groups in total. The van der Waals surface area contributed by atoms with Crippen molar-refractivity contribution >= 4 is 39.1 Å². The number of carbonyl (C=O) groups is 2. The van der Waals surface area contributed by atoms with E-state index in [1.54, 1.807) is 24.3 Å². The summed E-state index contributed by atoms with van der Waals surface area (Å²) in [6.45, 7) is 0. The molecule has 3 rings (SSSR count). The lowest BCUT2D eigenvalue weighted by Crippen LogP contribution is -2.39. The van der Waals surface area contributed by atoms with Gasteiger partial charge in [0.1, 0.15) is 11.6 Å². The van der Waals surface area contributed by atoms with Crippen molar-refractivity contribution in [3.63, 3.8) is 0 Å². The summed E-state index contributed by atoms with van der Waals surface area (Å²) in [4.78, 5) is 24.0. The molecule has 0 saturated heterocycles. The van der Waals surface area contributed by atoms with Crippen molar-refractivity contribution in [1.29, 1.82) is 0 Å². The van der Waals surface area contributed by atoms with Crippen LogP contribution in [0.5, 0.6) is 5.75 Å². The average molecular weight is 397 g/mol. The van der Waals surface area contributed by atoms with Gasteiger partial charge in [-0.3, -0.25) is 9.59 Å². The number of hydrogen-bond donors (Lipinski definition) is 2. The summed E-state index contributed by atoms with van der Waals surface area (Å²) in [5.74, 6) is -2.36. The monoisotopic (exact) mass is 396 g/mol. The molecule has 8 heteroatoms. The molecule has 2 aromatic carbocycles. The number of hydrogen-bond acceptors (Lipinski definition) is 3. The van der Waals surface area contributed by atoms with Crippen LogP contribution in [0.2, 0.25) is 0 Å². The van der Waals surface area contributed by atoms with Crippen LogP contribution in [0.15, 0.2) is 40.9 Å². The molecule has 1 aliphatic heterocycles. The second-order valence-corrected chi connectivity index (χ2v) is 5.94. The molecule has 1 heterocycles. The second-order valence-electron chi connectivity index (χ2n) is 5.09. The van der Waals surface area contributed by atoms with Gasteiger partial charge in [-0.05, 0) is 34.1 Å². The number of nitrogens with one attached hydrogen (secondary N) is 2. The van der Waals surface area contributed by atoms with E-state index < -0.39 is 29.6 Å². The van der Waals surface area contributed by atoms with Crippen molar-refractivity contribution in [3.05, 3.63) is 52.5 Å². The van der Waals surface area contributed by atoms with Gasteiger partial charge in [0, 0.05) is 10.5 Å². The smallest absolute Gasteiger partial charge is 0.266 e. The van der Waals surface area contributed by atoms with Crippen molar-refractivity contribution in [1.82, 2.24) is 0 Å². The number of halogens is 3. The van der Waals surface area contributed by atoms with Crippen LogP contribution >= 0.6 is 15.9 Å². The molecule has 1 aliphatic rings. The maximum absolute atomic E-state index is 13.7. The minimum atomic E-state index is -1.04. The van der Waals surface area contributed by atoms with Gasteiger partial charge in [0.05, 0.1) is 17.8 Å². The lowest BCUT2D eigenvalue weighted by atomic mass is 10.1. The molecule has 0 aromatic heterocycles. The number of benzene rings is 2. The summed E-state index contributed by atoms with van der Waals surface area (Å²) in [6, 6.07) is 8.49. The number of ether oxygens (including phenoxy) is 1. The number of para-hydroxylation sites is 2. The topological polar surface area (TPSA) is 67.4 Å². The fourth-order valence-corrected chi connectivity index (χ4v) is 2.75. The molecule has 2 amide bonds. The standard InChI is InChI=1S/C16H11BrF2N2O3/c17-9-5-8(18)6-10(19)15(9)21-14(22)7-13-16(23)20-11-3-1-2-4-12(11)24-13/h1-6,13H,7H2,(H,20,23)(H,21,22). The molecule has 2 aromatic rings. The third-order valence-corrected chi connectivity index (χ3v) is 3.97. The van der Waals surface area contributed by atoms with Gasteiger partial charge in [-0.1, -0.05) is 12.1 Å². The highest BCUT2D eigenvalue weighted by molar-refractivity contribution is 9.10. The number of rotatable bonds is 3. The van der Waals surface area contributed by atoms with Gasteiger partial charge in [-0.2, -0.15) is 0 Å². The first-order chi connectivity index (χ1) is 11.4. The average Bonchev–Trinajstić information content (AvgIpc) is 2.51. The fourth-order valence-electron chi connectivity index (χ4n) is 2.25. The summed E-state index contributed by atoms with van der Waals surface area (Å²) >= 11 is 2.98. The summed E-state index contributed by atoms with van der Waals surface area (Å²) in [7, 11) is 0. The molecule has 0 radical (unpaired) electrons. The van der Waals surface area contributed by atoms with Gasteiger partial charge in [0.25, 0.3) is 5.91 Å². The highest BCUT2D eigenvalue weighted by Crippen LogP contribution is 2.30. The Morgan fingerprint density at radius 1 is 1.29 bits per heavy atom. The van der Waals surface area contributed by atoms with Gasteiger partial charge in [-0.15, -0.1) is 0 Å². The van der Waals surface area contributed by atoms with E-state index in [0.717, 1.165) is 6.07 Å². The van der Waals surface area contributed by atoms with Crippen LogP contribution in [-0.2, 0) is 9.59 Å². The molecule has 0 aliphatic carbocycles. The van der Waals surface area contributed by atoms with E-state index in [1.165, 1.54) is 0 Å². The van der Waals surface area contributed by atoms with E-state index in [0.29, 0.717) is 17.5 Å². The Labute approximate surface area is 144 Å². The predicted molar refractivity (Wildman–Crippen MR) is 86.8 cm³/mol. The summed E-state index contributed by atoms with van der Waals surface area (Å²) in [5.41, 5.74) is 0.324. The highest BCUT2D eigenvalue weighted by atomic mass is 79.9. The Morgan fingerprint density at radius 2 is 2.04 bits per heavy atom. The van der Waals surface area contributed by atoms with Gasteiger partial charge in [0.2, 0.25) is 5.91 Å². The molecule has 5 nitrogen and oxygen atoms in total. The molecule has 0 fully saturated rings. The largest absolute Gasteiger partial charge is 0.478 e. The second kappa shape index (κ2) is 6.56. The minimum absolute atomic E-state index is 0.0627. The van der Waals surface area contributed by atoms with Crippen LogP contribution in [0.1, 0.15) is 6.42 Å². The molecule has 1 unspecified atom stereocenters. The Morgan fingerprint density at radius 3 is 2.79 bits per heavy atom. The first kappa shape index (κ1) is 16.4. The molecule has 124 valence electrons. The van der Waals surface area contributed by atoms with E-state index in [1.807, 2.05) is 0 Å².